The summed E-state index contributed by atoms with van der Waals surface area (Å²) in [5.41, 5.74) is 6.30. The van der Waals surface area contributed by atoms with E-state index in [-0.39, 0.29) is 6.54 Å². The molecule has 1 aromatic carbocycles. The number of aliphatic hydroxyl groups excluding tert-OH is 1. The van der Waals surface area contributed by atoms with Gasteiger partial charge in [-0.2, -0.15) is 0 Å². The van der Waals surface area contributed by atoms with Crippen LogP contribution in [0.3, 0.4) is 0 Å². The molecule has 1 atom stereocenters. The van der Waals surface area contributed by atoms with Crippen LogP contribution in [0.25, 0.3) is 0 Å². The van der Waals surface area contributed by atoms with Crippen LogP contribution in [0, 0.1) is 0 Å². The van der Waals surface area contributed by atoms with Crippen molar-refractivity contribution in [2.45, 2.75) is 11.0 Å². The molecule has 0 radical (unpaired) electrons. The van der Waals surface area contributed by atoms with Crippen molar-refractivity contribution in [3.05, 3.63) is 24.3 Å². The maximum atomic E-state index is 9.23. The van der Waals surface area contributed by atoms with E-state index in [9.17, 15) is 5.11 Å². The summed E-state index contributed by atoms with van der Waals surface area (Å²) in [7, 11) is 0. The second-order valence-electron chi connectivity index (χ2n) is 3.00. The third-order valence-electron chi connectivity index (χ3n) is 1.90. The van der Waals surface area contributed by atoms with E-state index >= 15 is 0 Å². The van der Waals surface area contributed by atoms with Crippen LogP contribution >= 0.6 is 11.8 Å². The molecule has 0 aromatic heterocycles. The Labute approximate surface area is 88.7 Å². The molecular weight excluding hydrogens is 196 g/mol. The van der Waals surface area contributed by atoms with Crippen LogP contribution in [0.2, 0.25) is 0 Å². The number of aliphatic hydroxyl groups is 1. The fourth-order valence-electron chi connectivity index (χ4n) is 1.03. The van der Waals surface area contributed by atoms with Gasteiger partial charge in [0.05, 0.1) is 6.10 Å². The average Bonchev–Trinajstić information content (AvgIpc) is 2.26. The molecule has 0 aliphatic rings. The highest BCUT2D eigenvalue weighted by molar-refractivity contribution is 7.98. The van der Waals surface area contributed by atoms with Crippen LogP contribution in [0.5, 0.6) is 0 Å². The number of nitrogens with two attached hydrogens (primary N) is 1. The van der Waals surface area contributed by atoms with E-state index in [1.165, 1.54) is 4.90 Å². The topological polar surface area (TPSA) is 58.3 Å². The lowest BCUT2D eigenvalue weighted by molar-refractivity contribution is 0.196. The molecule has 0 bridgehead atoms. The van der Waals surface area contributed by atoms with Crippen LogP contribution in [-0.4, -0.2) is 30.6 Å². The number of nitrogens with one attached hydrogen (secondary N) is 1. The van der Waals surface area contributed by atoms with Gasteiger partial charge >= 0.3 is 0 Å². The normalized spacial score (nSPS) is 12.5. The lowest BCUT2D eigenvalue weighted by Crippen LogP contribution is -2.27. The minimum absolute atomic E-state index is 0.288. The molecule has 0 spiro atoms. The Morgan fingerprint density at radius 3 is 2.57 bits per heavy atom. The van der Waals surface area contributed by atoms with Gasteiger partial charge in [-0.05, 0) is 30.5 Å². The average molecular weight is 212 g/mol. The third kappa shape index (κ3) is 3.57. The van der Waals surface area contributed by atoms with E-state index in [2.05, 4.69) is 5.32 Å². The zero-order valence-electron chi connectivity index (χ0n) is 8.23. The van der Waals surface area contributed by atoms with Crippen molar-refractivity contribution >= 4 is 17.4 Å². The van der Waals surface area contributed by atoms with Crippen molar-refractivity contribution in [1.82, 2.24) is 0 Å². The maximum absolute atomic E-state index is 9.23. The highest BCUT2D eigenvalue weighted by atomic mass is 32.2. The summed E-state index contributed by atoms with van der Waals surface area (Å²) in [5, 5.41) is 12.3. The van der Waals surface area contributed by atoms with E-state index in [1.54, 1.807) is 11.8 Å². The fraction of sp³-hybridized carbons (Fsp3) is 0.400. The van der Waals surface area contributed by atoms with Gasteiger partial charge in [-0.3, -0.25) is 0 Å². The molecule has 1 aromatic rings. The van der Waals surface area contributed by atoms with Crippen LogP contribution in [0.15, 0.2) is 29.2 Å². The lowest BCUT2D eigenvalue weighted by Gasteiger charge is -2.10. The predicted molar refractivity (Wildman–Crippen MR) is 61.8 cm³/mol. The minimum Gasteiger partial charge on any atom is -0.390 e. The molecule has 0 heterocycles. The van der Waals surface area contributed by atoms with E-state index < -0.39 is 6.10 Å². The molecule has 0 saturated carbocycles. The van der Waals surface area contributed by atoms with Crippen molar-refractivity contribution < 1.29 is 5.11 Å². The number of benzene rings is 1. The number of rotatable bonds is 5. The quantitative estimate of drug-likeness (QED) is 0.641. The number of thioether (sulfide) groups is 1. The highest BCUT2D eigenvalue weighted by Crippen LogP contribution is 2.17. The van der Waals surface area contributed by atoms with Crippen molar-refractivity contribution in [3.8, 4) is 0 Å². The first-order chi connectivity index (χ1) is 6.76. The van der Waals surface area contributed by atoms with Gasteiger partial charge in [0, 0.05) is 23.7 Å². The number of hydrogen-bond donors (Lipinski definition) is 3. The monoisotopic (exact) mass is 212 g/mol. The van der Waals surface area contributed by atoms with Crippen LogP contribution in [-0.2, 0) is 0 Å². The van der Waals surface area contributed by atoms with E-state index in [4.69, 9.17) is 5.73 Å². The SMILES string of the molecule is CSc1ccc(NCC(O)CN)cc1. The molecule has 0 aliphatic heterocycles. The molecule has 0 aliphatic carbocycles. The van der Waals surface area contributed by atoms with Gasteiger partial charge in [0.1, 0.15) is 0 Å². The highest BCUT2D eigenvalue weighted by Gasteiger charge is 1.99. The van der Waals surface area contributed by atoms with Crippen LogP contribution < -0.4 is 11.1 Å². The summed E-state index contributed by atoms with van der Waals surface area (Å²) in [6.07, 6.45) is 1.57. The zero-order valence-corrected chi connectivity index (χ0v) is 9.05. The van der Waals surface area contributed by atoms with Gasteiger partial charge in [-0.1, -0.05) is 0 Å². The Hall–Kier alpha value is -0.710. The summed E-state index contributed by atoms with van der Waals surface area (Å²) in [6.45, 7) is 0.783. The van der Waals surface area contributed by atoms with E-state index in [1.807, 2.05) is 30.5 Å². The summed E-state index contributed by atoms with van der Waals surface area (Å²) >= 11 is 1.71. The maximum Gasteiger partial charge on any atom is 0.0834 e. The molecule has 14 heavy (non-hydrogen) atoms. The van der Waals surface area contributed by atoms with E-state index in [0.29, 0.717) is 6.54 Å². The lowest BCUT2D eigenvalue weighted by atomic mass is 10.3. The van der Waals surface area contributed by atoms with Gasteiger partial charge in [0.25, 0.3) is 0 Å². The molecule has 0 fully saturated rings. The molecule has 3 nitrogen and oxygen atoms in total. The Bertz CT molecular complexity index is 263. The van der Waals surface area contributed by atoms with Gasteiger partial charge in [-0.15, -0.1) is 11.8 Å². The van der Waals surface area contributed by atoms with Crippen molar-refractivity contribution in [3.63, 3.8) is 0 Å². The first-order valence-electron chi connectivity index (χ1n) is 4.52. The van der Waals surface area contributed by atoms with Gasteiger partial charge < -0.3 is 16.2 Å². The van der Waals surface area contributed by atoms with Crippen LogP contribution in [0.1, 0.15) is 0 Å². The standard InChI is InChI=1S/C10H16N2OS/c1-14-10-4-2-8(3-5-10)12-7-9(13)6-11/h2-5,9,12-13H,6-7,11H2,1H3. The van der Waals surface area contributed by atoms with Crippen LogP contribution in [0.4, 0.5) is 5.69 Å². The van der Waals surface area contributed by atoms with Crippen molar-refractivity contribution in [2.24, 2.45) is 5.73 Å². The number of hydrogen-bond acceptors (Lipinski definition) is 4. The first-order valence-corrected chi connectivity index (χ1v) is 5.74. The molecular formula is C10H16N2OS. The molecule has 1 rings (SSSR count). The predicted octanol–water partition coefficient (Wildman–Crippen LogP) is 1.14. The molecule has 0 saturated heterocycles. The summed E-state index contributed by atoms with van der Waals surface area (Å²) in [6, 6.07) is 8.08. The summed E-state index contributed by atoms with van der Waals surface area (Å²) in [4.78, 5) is 1.23. The molecule has 0 amide bonds. The minimum atomic E-state index is -0.477. The largest absolute Gasteiger partial charge is 0.390 e. The molecule has 78 valence electrons. The first kappa shape index (κ1) is 11.4. The van der Waals surface area contributed by atoms with E-state index in [0.717, 1.165) is 5.69 Å². The smallest absolute Gasteiger partial charge is 0.0834 e. The Kier molecular flexibility index (Phi) is 4.79. The summed E-state index contributed by atoms with van der Waals surface area (Å²) < 4.78 is 0. The molecule has 1 unspecified atom stereocenters. The molecule has 4 N–H and O–H groups in total. The Morgan fingerprint density at radius 2 is 2.07 bits per heavy atom. The third-order valence-corrected chi connectivity index (χ3v) is 2.65. The second kappa shape index (κ2) is 5.90. The second-order valence-corrected chi connectivity index (χ2v) is 3.88. The number of anilines is 1. The molecule has 4 heteroatoms. The van der Waals surface area contributed by atoms with Gasteiger partial charge in [0.15, 0.2) is 0 Å². The summed E-state index contributed by atoms with van der Waals surface area (Å²) in [5.74, 6) is 0. The van der Waals surface area contributed by atoms with Gasteiger partial charge in [-0.25, -0.2) is 0 Å². The van der Waals surface area contributed by atoms with Crippen molar-refractivity contribution in [1.29, 1.82) is 0 Å². The fourth-order valence-corrected chi connectivity index (χ4v) is 1.44. The van der Waals surface area contributed by atoms with Crippen molar-refractivity contribution in [2.75, 3.05) is 24.7 Å². The van der Waals surface area contributed by atoms with Gasteiger partial charge in [0.2, 0.25) is 0 Å². The Morgan fingerprint density at radius 1 is 1.43 bits per heavy atom. The Balaban J connectivity index is 2.43. The zero-order chi connectivity index (χ0) is 10.4.